The van der Waals surface area contributed by atoms with Crippen molar-refractivity contribution in [3.05, 3.63) is 10.6 Å². The van der Waals surface area contributed by atoms with Crippen molar-refractivity contribution < 1.29 is 10.2 Å². The second kappa shape index (κ2) is 4.08. The van der Waals surface area contributed by atoms with Crippen molar-refractivity contribution in [3.63, 3.8) is 0 Å². The third-order valence-electron chi connectivity index (χ3n) is 1.91. The summed E-state index contributed by atoms with van der Waals surface area (Å²) in [4.78, 5) is 0. The molecule has 0 radical (unpaired) electrons. The van der Waals surface area contributed by atoms with Crippen LogP contribution in [-0.4, -0.2) is 22.4 Å². The number of hydrogen-bond donors (Lipinski definition) is 2. The van der Waals surface area contributed by atoms with Gasteiger partial charge in [-0.05, 0) is 12.8 Å². The summed E-state index contributed by atoms with van der Waals surface area (Å²) in [5, 5.41) is 18.3. The summed E-state index contributed by atoms with van der Waals surface area (Å²) >= 11 is 3.29. The molecule has 12 heavy (non-hydrogen) atoms. The predicted molar refractivity (Wildman–Crippen MR) is 50.7 cm³/mol. The van der Waals surface area contributed by atoms with Gasteiger partial charge in [-0.1, -0.05) is 33.8 Å². The fourth-order valence-corrected chi connectivity index (χ4v) is 1.75. The smallest absolute Gasteiger partial charge is 0.107 e. The van der Waals surface area contributed by atoms with Crippen LogP contribution >= 0.6 is 15.9 Å². The predicted octanol–water partition coefficient (Wildman–Crippen LogP) is 1.18. The van der Waals surface area contributed by atoms with E-state index in [0.717, 1.165) is 10.9 Å². The van der Waals surface area contributed by atoms with Gasteiger partial charge in [0.05, 0.1) is 0 Å². The largest absolute Gasteiger partial charge is 0.384 e. The van der Waals surface area contributed by atoms with Crippen LogP contribution in [0.15, 0.2) is 10.6 Å². The Morgan fingerprint density at radius 2 is 2.33 bits per heavy atom. The molecule has 0 saturated heterocycles. The highest BCUT2D eigenvalue weighted by Crippen LogP contribution is 2.36. The van der Waals surface area contributed by atoms with Gasteiger partial charge >= 0.3 is 0 Å². The Kier molecular flexibility index (Phi) is 3.33. The van der Waals surface area contributed by atoms with Gasteiger partial charge in [-0.3, -0.25) is 0 Å². The Morgan fingerprint density at radius 3 is 2.83 bits per heavy atom. The molecule has 0 bridgehead atoms. The molecule has 0 aliphatic heterocycles. The third-order valence-corrected chi connectivity index (χ3v) is 2.97. The highest BCUT2D eigenvalue weighted by molar-refractivity contribution is 9.11. The van der Waals surface area contributed by atoms with Crippen molar-refractivity contribution in [2.75, 3.05) is 6.61 Å². The van der Waals surface area contributed by atoms with Gasteiger partial charge in [0.1, 0.15) is 12.2 Å². The Morgan fingerprint density at radius 1 is 1.58 bits per heavy atom. The molecule has 0 aromatic rings. The Labute approximate surface area is 80.4 Å². The van der Waals surface area contributed by atoms with Gasteiger partial charge < -0.3 is 10.2 Å². The second-order valence-electron chi connectivity index (χ2n) is 2.81. The van der Waals surface area contributed by atoms with Crippen molar-refractivity contribution in [2.24, 2.45) is 0 Å². The number of rotatable bonds is 1. The number of hydrogen-bond acceptors (Lipinski definition) is 2. The van der Waals surface area contributed by atoms with Gasteiger partial charge in [0.15, 0.2) is 0 Å². The lowest BCUT2D eigenvalue weighted by Crippen LogP contribution is -2.24. The van der Waals surface area contributed by atoms with Crippen LogP contribution in [0.4, 0.5) is 0 Å². The van der Waals surface area contributed by atoms with E-state index in [9.17, 15) is 5.11 Å². The van der Waals surface area contributed by atoms with Gasteiger partial charge in [0, 0.05) is 10.9 Å². The lowest BCUT2D eigenvalue weighted by molar-refractivity contribution is 0.0936. The van der Waals surface area contributed by atoms with Crippen molar-refractivity contribution in [1.29, 1.82) is 0 Å². The van der Waals surface area contributed by atoms with Crippen LogP contribution in [0.3, 0.4) is 0 Å². The molecule has 0 fully saturated rings. The zero-order valence-corrected chi connectivity index (χ0v) is 8.26. The third kappa shape index (κ3) is 2.10. The standard InChI is InChI=1S/C9H11BrO2/c10-8-4-3-6-9(8,12)5-1-2-7-11/h4,11-12H,3,5-7H2. The first-order chi connectivity index (χ1) is 5.69. The molecule has 66 valence electrons. The molecule has 0 amide bonds. The summed E-state index contributed by atoms with van der Waals surface area (Å²) in [7, 11) is 0. The SMILES string of the molecule is OCC#CCC1(O)CCC=C1Br. The topological polar surface area (TPSA) is 40.5 Å². The van der Waals surface area contributed by atoms with E-state index in [4.69, 9.17) is 5.11 Å². The second-order valence-corrected chi connectivity index (χ2v) is 3.67. The minimum atomic E-state index is -0.803. The van der Waals surface area contributed by atoms with Crippen LogP contribution in [0.2, 0.25) is 0 Å². The summed E-state index contributed by atoms with van der Waals surface area (Å²) in [6.45, 7) is -0.141. The first kappa shape index (κ1) is 9.79. The van der Waals surface area contributed by atoms with E-state index in [1.54, 1.807) is 0 Å². The van der Waals surface area contributed by atoms with Crippen LogP contribution in [0.1, 0.15) is 19.3 Å². The number of allylic oxidation sites excluding steroid dienone is 1. The first-order valence-electron chi connectivity index (χ1n) is 3.84. The van der Waals surface area contributed by atoms with Crippen LogP contribution in [-0.2, 0) is 0 Å². The molecule has 0 aromatic heterocycles. The highest BCUT2D eigenvalue weighted by Gasteiger charge is 2.32. The molecule has 1 unspecified atom stereocenters. The average Bonchev–Trinajstić information content (AvgIpc) is 2.34. The number of aliphatic hydroxyl groups is 2. The molecule has 0 aromatic carbocycles. The number of aliphatic hydroxyl groups excluding tert-OH is 1. The molecule has 1 aliphatic carbocycles. The van der Waals surface area contributed by atoms with E-state index < -0.39 is 5.60 Å². The van der Waals surface area contributed by atoms with E-state index in [-0.39, 0.29) is 6.61 Å². The van der Waals surface area contributed by atoms with Crippen molar-refractivity contribution in [1.82, 2.24) is 0 Å². The summed E-state index contributed by atoms with van der Waals surface area (Å²) < 4.78 is 0.822. The summed E-state index contributed by atoms with van der Waals surface area (Å²) in [6, 6.07) is 0. The summed E-state index contributed by atoms with van der Waals surface area (Å²) in [6.07, 6.45) is 3.96. The molecule has 0 saturated carbocycles. The normalized spacial score (nSPS) is 27.8. The maximum atomic E-state index is 9.89. The lowest BCUT2D eigenvalue weighted by Gasteiger charge is -2.20. The Hall–Kier alpha value is -0.300. The monoisotopic (exact) mass is 230 g/mol. The van der Waals surface area contributed by atoms with Crippen LogP contribution in [0.25, 0.3) is 0 Å². The molecule has 1 rings (SSSR count). The average molecular weight is 231 g/mol. The Balaban J connectivity index is 2.55. The molecule has 1 atom stereocenters. The molecular weight excluding hydrogens is 220 g/mol. The van der Waals surface area contributed by atoms with E-state index >= 15 is 0 Å². The Bertz CT molecular complexity index is 249. The molecule has 1 aliphatic rings. The minimum Gasteiger partial charge on any atom is -0.384 e. The molecule has 2 nitrogen and oxygen atoms in total. The summed E-state index contributed by atoms with van der Waals surface area (Å²) in [5.41, 5.74) is -0.803. The van der Waals surface area contributed by atoms with Crippen molar-refractivity contribution >= 4 is 15.9 Å². The fraction of sp³-hybridized carbons (Fsp3) is 0.556. The first-order valence-corrected chi connectivity index (χ1v) is 4.63. The van der Waals surface area contributed by atoms with E-state index in [2.05, 4.69) is 27.8 Å². The highest BCUT2D eigenvalue weighted by atomic mass is 79.9. The molecule has 3 heteroatoms. The van der Waals surface area contributed by atoms with Crippen molar-refractivity contribution in [2.45, 2.75) is 24.9 Å². The molecular formula is C9H11BrO2. The van der Waals surface area contributed by atoms with Gasteiger partial charge in [-0.25, -0.2) is 0 Å². The summed E-state index contributed by atoms with van der Waals surface area (Å²) in [5.74, 6) is 5.25. The molecule has 2 N–H and O–H groups in total. The van der Waals surface area contributed by atoms with E-state index in [1.165, 1.54) is 0 Å². The van der Waals surface area contributed by atoms with Crippen LogP contribution in [0, 0.1) is 11.8 Å². The zero-order valence-electron chi connectivity index (χ0n) is 6.68. The quantitative estimate of drug-likeness (QED) is 0.665. The van der Waals surface area contributed by atoms with Crippen molar-refractivity contribution in [3.8, 4) is 11.8 Å². The van der Waals surface area contributed by atoms with E-state index in [0.29, 0.717) is 12.8 Å². The van der Waals surface area contributed by atoms with Gasteiger partial charge in [0.2, 0.25) is 0 Å². The molecule has 0 heterocycles. The maximum Gasteiger partial charge on any atom is 0.107 e. The minimum absolute atomic E-state index is 0.141. The van der Waals surface area contributed by atoms with Crippen LogP contribution in [0.5, 0.6) is 0 Å². The van der Waals surface area contributed by atoms with Gasteiger partial charge in [0.25, 0.3) is 0 Å². The fourth-order valence-electron chi connectivity index (χ4n) is 1.18. The number of halogens is 1. The zero-order chi connectivity index (χ0) is 9.03. The van der Waals surface area contributed by atoms with Gasteiger partial charge in [-0.15, -0.1) is 0 Å². The molecule has 0 spiro atoms. The van der Waals surface area contributed by atoms with Gasteiger partial charge in [-0.2, -0.15) is 0 Å². The lowest BCUT2D eigenvalue weighted by atomic mass is 10.00. The maximum absolute atomic E-state index is 9.89. The van der Waals surface area contributed by atoms with E-state index in [1.807, 2.05) is 6.08 Å². The van der Waals surface area contributed by atoms with Crippen LogP contribution < -0.4 is 0 Å².